The number of rotatable bonds is 3. The zero-order valence-electron chi connectivity index (χ0n) is 11.7. The summed E-state index contributed by atoms with van der Waals surface area (Å²) >= 11 is 1.61. The minimum absolute atomic E-state index is 0.158. The summed E-state index contributed by atoms with van der Waals surface area (Å²) in [5.74, 6) is -0.0403. The molecule has 1 aromatic carbocycles. The molecule has 0 aliphatic carbocycles. The van der Waals surface area contributed by atoms with Crippen LogP contribution >= 0.6 is 11.3 Å². The molecule has 1 fully saturated rings. The largest absolute Gasteiger partial charge is 0.366 e. The molecule has 5 heteroatoms. The van der Waals surface area contributed by atoms with E-state index in [1.807, 2.05) is 33.4 Å². The molecular weight excluding hydrogens is 287 g/mol. The van der Waals surface area contributed by atoms with Gasteiger partial charge in [0.15, 0.2) is 0 Å². The zero-order valence-corrected chi connectivity index (χ0v) is 12.5. The van der Waals surface area contributed by atoms with Gasteiger partial charge < -0.3 is 9.80 Å². The van der Waals surface area contributed by atoms with Crippen LogP contribution in [-0.4, -0.2) is 37.0 Å². The molecule has 1 aliphatic heterocycles. The smallest absolute Gasteiger partial charge is 0.227 e. The van der Waals surface area contributed by atoms with Crippen molar-refractivity contribution in [2.24, 2.45) is 0 Å². The fourth-order valence-corrected chi connectivity index (χ4v) is 3.27. The number of amides is 1. The molecule has 0 bridgehead atoms. The van der Waals surface area contributed by atoms with Gasteiger partial charge >= 0.3 is 0 Å². The van der Waals surface area contributed by atoms with Gasteiger partial charge in [-0.05, 0) is 23.6 Å². The van der Waals surface area contributed by atoms with E-state index in [1.54, 1.807) is 23.5 Å². The first-order valence-electron chi connectivity index (χ1n) is 7.03. The SMILES string of the molecule is O=C(Cc1cccs1)N1CCN(c2ccccc2F)CC1. The zero-order chi connectivity index (χ0) is 14.7. The van der Waals surface area contributed by atoms with E-state index in [1.165, 1.54) is 6.07 Å². The average Bonchev–Trinajstić information content (AvgIpc) is 3.01. The van der Waals surface area contributed by atoms with Crippen molar-refractivity contribution in [2.45, 2.75) is 6.42 Å². The summed E-state index contributed by atoms with van der Waals surface area (Å²) < 4.78 is 13.8. The van der Waals surface area contributed by atoms with Crippen LogP contribution in [0.1, 0.15) is 4.88 Å². The third-order valence-electron chi connectivity index (χ3n) is 3.73. The molecule has 0 spiro atoms. The van der Waals surface area contributed by atoms with Crippen molar-refractivity contribution < 1.29 is 9.18 Å². The predicted octanol–water partition coefficient (Wildman–Crippen LogP) is 2.78. The molecule has 21 heavy (non-hydrogen) atoms. The first-order valence-corrected chi connectivity index (χ1v) is 7.91. The van der Waals surface area contributed by atoms with Crippen molar-refractivity contribution in [1.29, 1.82) is 0 Å². The third-order valence-corrected chi connectivity index (χ3v) is 4.61. The number of piperazine rings is 1. The maximum atomic E-state index is 13.8. The van der Waals surface area contributed by atoms with E-state index >= 15 is 0 Å². The van der Waals surface area contributed by atoms with Crippen molar-refractivity contribution in [3.63, 3.8) is 0 Å². The molecule has 110 valence electrons. The Hall–Kier alpha value is -1.88. The van der Waals surface area contributed by atoms with Crippen LogP contribution in [0.3, 0.4) is 0 Å². The van der Waals surface area contributed by atoms with Gasteiger partial charge in [0.2, 0.25) is 5.91 Å². The molecule has 1 aromatic heterocycles. The molecular formula is C16H17FN2OS. The predicted molar refractivity (Wildman–Crippen MR) is 83.2 cm³/mol. The van der Waals surface area contributed by atoms with Crippen molar-refractivity contribution >= 4 is 22.9 Å². The lowest BCUT2D eigenvalue weighted by molar-refractivity contribution is -0.130. The van der Waals surface area contributed by atoms with Gasteiger partial charge in [0, 0.05) is 31.1 Å². The summed E-state index contributed by atoms with van der Waals surface area (Å²) in [4.78, 5) is 17.2. The highest BCUT2D eigenvalue weighted by molar-refractivity contribution is 7.10. The molecule has 3 rings (SSSR count). The monoisotopic (exact) mass is 304 g/mol. The highest BCUT2D eigenvalue weighted by Gasteiger charge is 2.22. The van der Waals surface area contributed by atoms with Gasteiger partial charge in [-0.3, -0.25) is 4.79 Å². The van der Waals surface area contributed by atoms with Gasteiger partial charge in [0.1, 0.15) is 5.82 Å². The van der Waals surface area contributed by atoms with Crippen LogP contribution < -0.4 is 4.90 Å². The highest BCUT2D eigenvalue weighted by atomic mass is 32.1. The average molecular weight is 304 g/mol. The van der Waals surface area contributed by atoms with Crippen LogP contribution in [0, 0.1) is 5.82 Å². The molecule has 2 heterocycles. The Labute approximate surface area is 127 Å². The van der Waals surface area contributed by atoms with E-state index in [-0.39, 0.29) is 11.7 Å². The number of anilines is 1. The summed E-state index contributed by atoms with van der Waals surface area (Å²) in [6.07, 6.45) is 0.470. The Morgan fingerprint density at radius 3 is 2.52 bits per heavy atom. The fraction of sp³-hybridized carbons (Fsp3) is 0.312. The number of hydrogen-bond acceptors (Lipinski definition) is 3. The molecule has 2 aromatic rings. The summed E-state index contributed by atoms with van der Waals surface area (Å²) in [6.45, 7) is 2.66. The number of carbonyl (C=O) groups is 1. The lowest BCUT2D eigenvalue weighted by atomic mass is 10.2. The Bertz CT molecular complexity index is 606. The normalized spacial score (nSPS) is 15.3. The lowest BCUT2D eigenvalue weighted by Gasteiger charge is -2.36. The van der Waals surface area contributed by atoms with Crippen molar-refractivity contribution in [3.8, 4) is 0 Å². The summed E-state index contributed by atoms with van der Waals surface area (Å²) in [6, 6.07) is 10.7. The maximum absolute atomic E-state index is 13.8. The number of benzene rings is 1. The molecule has 0 radical (unpaired) electrons. The second kappa shape index (κ2) is 6.26. The molecule has 0 N–H and O–H groups in total. The third kappa shape index (κ3) is 3.24. The quantitative estimate of drug-likeness (QED) is 0.870. The minimum Gasteiger partial charge on any atom is -0.366 e. The highest BCUT2D eigenvalue weighted by Crippen LogP contribution is 2.20. The van der Waals surface area contributed by atoms with E-state index in [0.29, 0.717) is 38.3 Å². The number of nitrogens with zero attached hydrogens (tertiary/aromatic N) is 2. The van der Waals surface area contributed by atoms with E-state index in [0.717, 1.165) is 4.88 Å². The molecule has 3 nitrogen and oxygen atoms in total. The first kappa shape index (κ1) is 14.1. The topological polar surface area (TPSA) is 23.6 Å². The number of para-hydroxylation sites is 1. The van der Waals surface area contributed by atoms with E-state index < -0.39 is 0 Å². The van der Waals surface area contributed by atoms with Crippen LogP contribution in [0.15, 0.2) is 41.8 Å². The van der Waals surface area contributed by atoms with E-state index in [2.05, 4.69) is 0 Å². The van der Waals surface area contributed by atoms with Gasteiger partial charge in [-0.2, -0.15) is 0 Å². The molecule has 1 amide bonds. The molecule has 1 saturated heterocycles. The Kier molecular flexibility index (Phi) is 4.20. The standard InChI is InChI=1S/C16H17FN2OS/c17-14-5-1-2-6-15(14)18-7-9-19(10-8-18)16(20)12-13-4-3-11-21-13/h1-6,11H,7-10,12H2. The molecule has 0 unspecified atom stereocenters. The van der Waals surface area contributed by atoms with E-state index in [4.69, 9.17) is 0 Å². The van der Waals surface area contributed by atoms with E-state index in [9.17, 15) is 9.18 Å². The first-order chi connectivity index (χ1) is 10.2. The Morgan fingerprint density at radius 1 is 1.10 bits per heavy atom. The number of thiophene rings is 1. The molecule has 0 atom stereocenters. The van der Waals surface area contributed by atoms with Crippen LogP contribution in [0.4, 0.5) is 10.1 Å². The summed E-state index contributed by atoms with van der Waals surface area (Å²) in [5, 5.41) is 1.98. The Balaban J connectivity index is 1.58. The fourth-order valence-electron chi connectivity index (χ4n) is 2.58. The second-order valence-electron chi connectivity index (χ2n) is 5.08. The number of halogens is 1. The van der Waals surface area contributed by atoms with Crippen LogP contribution in [0.25, 0.3) is 0 Å². The van der Waals surface area contributed by atoms with Crippen LogP contribution in [-0.2, 0) is 11.2 Å². The van der Waals surface area contributed by atoms with Crippen LogP contribution in [0.5, 0.6) is 0 Å². The summed E-state index contributed by atoms with van der Waals surface area (Å²) in [5.41, 5.74) is 0.628. The Morgan fingerprint density at radius 2 is 1.86 bits per heavy atom. The minimum atomic E-state index is -0.198. The van der Waals surface area contributed by atoms with Crippen molar-refractivity contribution in [1.82, 2.24) is 4.90 Å². The van der Waals surface area contributed by atoms with Gasteiger partial charge in [-0.15, -0.1) is 11.3 Å². The molecule has 1 aliphatic rings. The second-order valence-corrected chi connectivity index (χ2v) is 6.11. The van der Waals surface area contributed by atoms with Gasteiger partial charge in [0.25, 0.3) is 0 Å². The molecule has 0 saturated carbocycles. The maximum Gasteiger partial charge on any atom is 0.227 e. The van der Waals surface area contributed by atoms with Crippen molar-refractivity contribution in [3.05, 3.63) is 52.5 Å². The van der Waals surface area contributed by atoms with Gasteiger partial charge in [-0.1, -0.05) is 18.2 Å². The number of hydrogen-bond donors (Lipinski definition) is 0. The number of carbonyl (C=O) groups excluding carboxylic acids is 1. The van der Waals surface area contributed by atoms with Crippen LogP contribution in [0.2, 0.25) is 0 Å². The van der Waals surface area contributed by atoms with Gasteiger partial charge in [0.05, 0.1) is 12.1 Å². The van der Waals surface area contributed by atoms with Gasteiger partial charge in [-0.25, -0.2) is 4.39 Å². The lowest BCUT2D eigenvalue weighted by Crippen LogP contribution is -2.49. The summed E-state index contributed by atoms with van der Waals surface area (Å²) in [7, 11) is 0. The van der Waals surface area contributed by atoms with Crippen molar-refractivity contribution in [2.75, 3.05) is 31.1 Å².